The number of carbonyl (C=O) groups is 8. The molecule has 0 aliphatic heterocycles. The van der Waals surface area contributed by atoms with Crippen molar-refractivity contribution in [2.24, 2.45) is 21.7 Å². The first kappa shape index (κ1) is 31.7. The van der Waals surface area contributed by atoms with Crippen LogP contribution in [0.5, 0.6) is 0 Å². The van der Waals surface area contributed by atoms with Gasteiger partial charge in [-0.15, -0.1) is 0 Å². The van der Waals surface area contributed by atoms with E-state index in [2.05, 4.69) is 0 Å². The van der Waals surface area contributed by atoms with Crippen LogP contribution in [0.2, 0.25) is 0 Å². The summed E-state index contributed by atoms with van der Waals surface area (Å²) in [4.78, 5) is 108. The van der Waals surface area contributed by atoms with Crippen LogP contribution in [0.25, 0.3) is 0 Å². The Hall–Kier alpha value is -3.68. The second-order valence-electron chi connectivity index (χ2n) is 13.4. The normalized spacial score (nSPS) is 30.2. The molecule has 0 heterocycles. The summed E-state index contributed by atoms with van der Waals surface area (Å²) in [6.45, 7) is 0. The Kier molecular flexibility index (Phi) is 8.92. The predicted octanol–water partition coefficient (Wildman–Crippen LogP) is 5.02. The van der Waals surface area contributed by atoms with Crippen LogP contribution in [0.1, 0.15) is 103 Å². The molecule has 0 aromatic rings. The molecule has 8 nitrogen and oxygen atoms in total. The molecular weight excluding hydrogens is 560 g/mol. The number of allylic oxidation sites excluding steroid dienone is 8. The van der Waals surface area contributed by atoms with E-state index in [4.69, 9.17) is 0 Å². The van der Waals surface area contributed by atoms with E-state index in [-0.39, 0.29) is 51.4 Å². The minimum absolute atomic E-state index is 0.271. The maximum absolute atomic E-state index is 13.5. The lowest BCUT2D eigenvalue weighted by atomic mass is 9.73. The Labute approximate surface area is 257 Å². The largest absolute Gasteiger partial charge is 0.294 e. The smallest absolute Gasteiger partial charge is 0.169 e. The highest BCUT2D eigenvalue weighted by Gasteiger charge is 2.50. The van der Waals surface area contributed by atoms with Crippen molar-refractivity contribution in [3.05, 3.63) is 48.6 Å². The van der Waals surface area contributed by atoms with Gasteiger partial charge in [0, 0.05) is 0 Å². The third-order valence-electron chi connectivity index (χ3n) is 11.1. The third-order valence-corrected chi connectivity index (χ3v) is 11.1. The molecule has 0 bridgehead atoms. The highest BCUT2D eigenvalue weighted by atomic mass is 16.2. The summed E-state index contributed by atoms with van der Waals surface area (Å²) in [5.74, 6) is -4.32. The summed E-state index contributed by atoms with van der Waals surface area (Å²) in [6, 6.07) is 0. The standard InChI is InChI=1S/C36H40O8/c37-25-9-11-27(39)34(19-3-4-20-34)29(41)13-15-31(43)36(23-7-8-24-36)32(44)16-14-30(42)35(21-5-6-22-35)28(40)12-10-26(38)33(25)17-1-2-18-33/h9-16H,1-8,17-24H2/b11-9-,12-10+,15-13+,16-14+. The van der Waals surface area contributed by atoms with Gasteiger partial charge >= 0.3 is 0 Å². The van der Waals surface area contributed by atoms with E-state index in [0.29, 0.717) is 51.4 Å². The number of ketones is 8. The highest BCUT2D eigenvalue weighted by molar-refractivity contribution is 6.24. The highest BCUT2D eigenvalue weighted by Crippen LogP contribution is 2.45. The van der Waals surface area contributed by atoms with Gasteiger partial charge in [0.25, 0.3) is 0 Å². The molecule has 0 radical (unpaired) electrons. The lowest BCUT2D eigenvalue weighted by Crippen LogP contribution is -2.38. The van der Waals surface area contributed by atoms with Crippen molar-refractivity contribution >= 4 is 46.3 Å². The van der Waals surface area contributed by atoms with Crippen molar-refractivity contribution in [2.45, 2.75) is 103 Å². The van der Waals surface area contributed by atoms with Gasteiger partial charge in [0.1, 0.15) is 0 Å². The number of carbonyl (C=O) groups excluding carboxylic acids is 8. The number of hydrogen-bond acceptors (Lipinski definition) is 8. The van der Waals surface area contributed by atoms with E-state index in [1.807, 2.05) is 0 Å². The quantitative estimate of drug-likeness (QED) is 0.354. The lowest BCUT2D eigenvalue weighted by Gasteiger charge is -2.26. The zero-order chi connectivity index (χ0) is 31.6. The Balaban J connectivity index is 1.57. The van der Waals surface area contributed by atoms with Gasteiger partial charge in [0.2, 0.25) is 0 Å². The van der Waals surface area contributed by atoms with Crippen LogP contribution >= 0.6 is 0 Å². The van der Waals surface area contributed by atoms with Crippen molar-refractivity contribution in [3.8, 4) is 0 Å². The van der Waals surface area contributed by atoms with E-state index in [1.165, 1.54) is 0 Å². The summed E-state index contributed by atoms with van der Waals surface area (Å²) < 4.78 is 0. The van der Waals surface area contributed by atoms with Crippen molar-refractivity contribution in [3.63, 3.8) is 0 Å². The molecule has 0 atom stereocenters. The van der Waals surface area contributed by atoms with Crippen molar-refractivity contribution in [2.75, 3.05) is 0 Å². The van der Waals surface area contributed by atoms with E-state index < -0.39 is 67.9 Å². The van der Waals surface area contributed by atoms with Crippen LogP contribution in [0.3, 0.4) is 0 Å². The molecule has 0 aromatic heterocycles. The summed E-state index contributed by atoms with van der Waals surface area (Å²) in [6.07, 6.45) is 16.0. The average Bonchev–Trinajstić information content (AvgIpc) is 3.85. The summed E-state index contributed by atoms with van der Waals surface area (Å²) in [5, 5.41) is 0. The number of rotatable bonds is 0. The van der Waals surface area contributed by atoms with Crippen LogP contribution in [0.15, 0.2) is 48.6 Å². The fraction of sp³-hybridized carbons (Fsp3) is 0.556. The molecule has 0 saturated heterocycles. The van der Waals surface area contributed by atoms with Gasteiger partial charge in [0.05, 0.1) is 21.7 Å². The maximum atomic E-state index is 13.5. The summed E-state index contributed by atoms with van der Waals surface area (Å²) in [7, 11) is 0. The molecule has 5 aliphatic rings. The van der Waals surface area contributed by atoms with Crippen molar-refractivity contribution in [1.82, 2.24) is 0 Å². The maximum Gasteiger partial charge on any atom is 0.169 e. The molecule has 0 N–H and O–H groups in total. The molecule has 44 heavy (non-hydrogen) atoms. The predicted molar refractivity (Wildman–Crippen MR) is 160 cm³/mol. The van der Waals surface area contributed by atoms with E-state index in [1.54, 1.807) is 0 Å². The first-order valence-corrected chi connectivity index (χ1v) is 16.1. The van der Waals surface area contributed by atoms with Gasteiger partial charge in [-0.2, -0.15) is 0 Å². The molecule has 0 unspecified atom stereocenters. The molecule has 0 aromatic carbocycles. The Morgan fingerprint density at radius 2 is 0.364 bits per heavy atom. The Morgan fingerprint density at radius 1 is 0.250 bits per heavy atom. The second kappa shape index (κ2) is 12.4. The molecule has 232 valence electrons. The topological polar surface area (TPSA) is 137 Å². The molecule has 4 fully saturated rings. The molecular formula is C36H40O8. The van der Waals surface area contributed by atoms with Gasteiger partial charge in [-0.1, -0.05) is 51.4 Å². The van der Waals surface area contributed by atoms with E-state index in [0.717, 1.165) is 48.6 Å². The first-order valence-electron chi connectivity index (χ1n) is 16.1. The fourth-order valence-electron chi connectivity index (χ4n) is 8.25. The third kappa shape index (κ3) is 5.30. The minimum Gasteiger partial charge on any atom is -0.294 e. The zero-order valence-corrected chi connectivity index (χ0v) is 25.2. The lowest BCUT2D eigenvalue weighted by molar-refractivity contribution is -0.138. The Morgan fingerprint density at radius 3 is 0.477 bits per heavy atom. The van der Waals surface area contributed by atoms with Crippen LogP contribution in [0.4, 0.5) is 0 Å². The Bertz CT molecular complexity index is 1110. The van der Waals surface area contributed by atoms with Crippen LogP contribution < -0.4 is 0 Å². The molecule has 5 rings (SSSR count). The second-order valence-corrected chi connectivity index (χ2v) is 13.4. The van der Waals surface area contributed by atoms with E-state index >= 15 is 0 Å². The summed E-state index contributed by atoms with van der Waals surface area (Å²) in [5.41, 5.74) is -5.66. The van der Waals surface area contributed by atoms with Crippen LogP contribution in [-0.2, 0) is 38.4 Å². The number of hydrogen-bond donors (Lipinski definition) is 0. The van der Waals surface area contributed by atoms with Crippen molar-refractivity contribution < 1.29 is 38.4 Å². The van der Waals surface area contributed by atoms with Crippen molar-refractivity contribution in [1.29, 1.82) is 0 Å². The molecule has 8 heteroatoms. The summed E-state index contributed by atoms with van der Waals surface area (Å²) >= 11 is 0. The monoisotopic (exact) mass is 600 g/mol. The van der Waals surface area contributed by atoms with Gasteiger partial charge in [-0.3, -0.25) is 38.4 Å². The van der Waals surface area contributed by atoms with Crippen LogP contribution in [-0.4, -0.2) is 46.3 Å². The van der Waals surface area contributed by atoms with E-state index in [9.17, 15) is 38.4 Å². The average molecular weight is 601 g/mol. The SMILES string of the molecule is O=C1/C=C\C(=O)C2(CCCC2)C(=O)/C=C/C(=O)C2(CCCC2)C(=O)/C=C/C(=O)C2(CCCC2)C(=O)/C=C/C(=O)C12CCCC2. The van der Waals surface area contributed by atoms with Gasteiger partial charge in [0.15, 0.2) is 46.3 Å². The fourth-order valence-corrected chi connectivity index (χ4v) is 8.25. The molecule has 4 saturated carbocycles. The molecule has 5 aliphatic carbocycles. The minimum atomic E-state index is -1.41. The molecule has 0 amide bonds. The van der Waals surface area contributed by atoms with Crippen LogP contribution in [0, 0.1) is 21.7 Å². The first-order chi connectivity index (χ1) is 21.0. The molecule has 4 spiro atoms. The van der Waals surface area contributed by atoms with Gasteiger partial charge in [-0.25, -0.2) is 0 Å². The van der Waals surface area contributed by atoms with Gasteiger partial charge in [-0.05, 0) is 100.0 Å². The van der Waals surface area contributed by atoms with Gasteiger partial charge < -0.3 is 0 Å². The zero-order valence-electron chi connectivity index (χ0n) is 25.2.